The lowest BCUT2D eigenvalue weighted by atomic mass is 9.89. The maximum atomic E-state index is 13.5. The van der Waals surface area contributed by atoms with Gasteiger partial charge in [-0.2, -0.15) is 0 Å². The van der Waals surface area contributed by atoms with Crippen LogP contribution >= 0.6 is 0 Å². The number of carbonyl (C=O) groups excluding carboxylic acids is 1. The van der Waals surface area contributed by atoms with Gasteiger partial charge in [0, 0.05) is 24.2 Å². The zero-order valence-corrected chi connectivity index (χ0v) is 15.5. The van der Waals surface area contributed by atoms with Crippen LogP contribution < -0.4 is 0 Å². The molecule has 1 atom stereocenters. The number of carbonyl (C=O) groups is 1. The summed E-state index contributed by atoms with van der Waals surface area (Å²) in [4.78, 5) is 14.5. The molecule has 26 heavy (non-hydrogen) atoms. The fourth-order valence-electron chi connectivity index (χ4n) is 3.28. The third-order valence-corrected chi connectivity index (χ3v) is 5.66. The fourth-order valence-corrected chi connectivity index (χ4v) is 4.12. The van der Waals surface area contributed by atoms with Crippen LogP contribution in [-0.4, -0.2) is 34.5 Å². The van der Waals surface area contributed by atoms with Gasteiger partial charge in [-0.15, -0.1) is 0 Å². The van der Waals surface area contributed by atoms with Gasteiger partial charge in [-0.1, -0.05) is 36.4 Å². The SMILES string of the molecule is C[S@](=O)c1cc(F)ccc1C1CCN(C(=O)OCc2ccccc2)CC1. The number of hydrogen-bond donors (Lipinski definition) is 0. The molecule has 1 aliphatic rings. The minimum atomic E-state index is -1.24. The molecule has 1 heterocycles. The van der Waals surface area contributed by atoms with E-state index in [4.69, 9.17) is 4.74 Å². The van der Waals surface area contributed by atoms with Crippen molar-refractivity contribution in [1.29, 1.82) is 0 Å². The molecule has 0 saturated carbocycles. The van der Waals surface area contributed by atoms with Gasteiger partial charge in [0.1, 0.15) is 12.4 Å². The molecule has 0 aliphatic carbocycles. The van der Waals surface area contributed by atoms with Gasteiger partial charge >= 0.3 is 6.09 Å². The van der Waals surface area contributed by atoms with Crippen molar-refractivity contribution in [3.8, 4) is 0 Å². The van der Waals surface area contributed by atoms with Crippen LogP contribution in [0.1, 0.15) is 29.9 Å². The van der Waals surface area contributed by atoms with Gasteiger partial charge in [0.05, 0.1) is 10.8 Å². The average Bonchev–Trinajstić information content (AvgIpc) is 2.67. The Morgan fingerprint density at radius 1 is 1.19 bits per heavy atom. The Bertz CT molecular complexity index is 789. The number of benzene rings is 2. The summed E-state index contributed by atoms with van der Waals surface area (Å²) in [5.74, 6) is -0.200. The Labute approximate surface area is 155 Å². The molecular formula is C20H22FNO3S. The molecule has 2 aromatic carbocycles. The largest absolute Gasteiger partial charge is 0.445 e. The van der Waals surface area contributed by atoms with Crippen molar-refractivity contribution >= 4 is 16.9 Å². The van der Waals surface area contributed by atoms with Gasteiger partial charge in [-0.05, 0) is 42.0 Å². The zero-order valence-electron chi connectivity index (χ0n) is 14.7. The summed E-state index contributed by atoms with van der Waals surface area (Å²) in [5, 5.41) is 0. The highest BCUT2D eigenvalue weighted by Crippen LogP contribution is 2.32. The van der Waals surface area contributed by atoms with Crippen LogP contribution in [0.3, 0.4) is 0 Å². The Balaban J connectivity index is 1.57. The van der Waals surface area contributed by atoms with Crippen LogP contribution in [0.5, 0.6) is 0 Å². The van der Waals surface area contributed by atoms with E-state index in [1.54, 1.807) is 17.2 Å². The van der Waals surface area contributed by atoms with E-state index in [2.05, 4.69) is 0 Å². The number of halogens is 1. The molecular weight excluding hydrogens is 353 g/mol. The monoisotopic (exact) mass is 375 g/mol. The summed E-state index contributed by atoms with van der Waals surface area (Å²) in [6.45, 7) is 1.41. The third-order valence-electron chi connectivity index (χ3n) is 4.68. The van der Waals surface area contributed by atoms with E-state index < -0.39 is 10.8 Å². The summed E-state index contributed by atoms with van der Waals surface area (Å²) in [5.41, 5.74) is 1.88. The molecule has 0 spiro atoms. The van der Waals surface area contributed by atoms with Crippen LogP contribution in [0.2, 0.25) is 0 Å². The van der Waals surface area contributed by atoms with Gasteiger partial charge in [0.15, 0.2) is 0 Å². The predicted octanol–water partition coefficient (Wildman–Crippen LogP) is 4.08. The van der Waals surface area contributed by atoms with Crippen molar-refractivity contribution in [3.05, 3.63) is 65.5 Å². The molecule has 0 radical (unpaired) electrons. The van der Waals surface area contributed by atoms with Gasteiger partial charge in [-0.3, -0.25) is 4.21 Å². The first-order chi connectivity index (χ1) is 12.5. The second kappa shape index (κ2) is 8.45. The number of rotatable bonds is 4. The van der Waals surface area contributed by atoms with Crippen molar-refractivity contribution in [1.82, 2.24) is 4.90 Å². The Morgan fingerprint density at radius 2 is 1.88 bits per heavy atom. The first-order valence-electron chi connectivity index (χ1n) is 8.63. The van der Waals surface area contributed by atoms with Crippen LogP contribution in [-0.2, 0) is 22.1 Å². The second-order valence-corrected chi connectivity index (χ2v) is 7.79. The summed E-state index contributed by atoms with van der Waals surface area (Å²) < 4.78 is 30.8. The summed E-state index contributed by atoms with van der Waals surface area (Å²) in [7, 11) is -1.24. The van der Waals surface area contributed by atoms with E-state index in [0.717, 1.165) is 24.0 Å². The molecule has 0 aromatic heterocycles. The van der Waals surface area contributed by atoms with E-state index in [0.29, 0.717) is 18.0 Å². The minimum absolute atomic E-state index is 0.174. The molecule has 4 nitrogen and oxygen atoms in total. The normalized spacial score (nSPS) is 16.3. The maximum Gasteiger partial charge on any atom is 0.410 e. The fraction of sp³-hybridized carbons (Fsp3) is 0.350. The second-order valence-electron chi connectivity index (χ2n) is 6.44. The molecule has 1 aliphatic heterocycles. The van der Waals surface area contributed by atoms with Crippen LogP contribution in [0.15, 0.2) is 53.4 Å². The van der Waals surface area contributed by atoms with Gasteiger partial charge in [0.25, 0.3) is 0 Å². The Kier molecular flexibility index (Phi) is 6.04. The quantitative estimate of drug-likeness (QED) is 0.809. The van der Waals surface area contributed by atoms with E-state index in [-0.39, 0.29) is 24.4 Å². The average molecular weight is 375 g/mol. The summed E-state index contributed by atoms with van der Waals surface area (Å²) in [6, 6.07) is 14.1. The molecule has 6 heteroatoms. The highest BCUT2D eigenvalue weighted by atomic mass is 32.2. The van der Waals surface area contributed by atoms with E-state index in [1.165, 1.54) is 12.1 Å². The molecule has 2 aromatic rings. The molecule has 0 unspecified atom stereocenters. The first kappa shape index (κ1) is 18.6. The lowest BCUT2D eigenvalue weighted by Gasteiger charge is -2.32. The molecule has 0 bridgehead atoms. The highest BCUT2D eigenvalue weighted by molar-refractivity contribution is 7.84. The molecule has 1 saturated heterocycles. The van der Waals surface area contributed by atoms with Crippen LogP contribution in [0.4, 0.5) is 9.18 Å². The first-order valence-corrected chi connectivity index (χ1v) is 10.2. The number of piperidine rings is 1. The number of ether oxygens (including phenoxy) is 1. The van der Waals surface area contributed by atoms with Crippen molar-refractivity contribution < 1.29 is 18.1 Å². The minimum Gasteiger partial charge on any atom is -0.445 e. The zero-order chi connectivity index (χ0) is 18.5. The number of nitrogens with zero attached hydrogens (tertiary/aromatic N) is 1. The van der Waals surface area contributed by atoms with Crippen molar-refractivity contribution in [2.24, 2.45) is 0 Å². The van der Waals surface area contributed by atoms with E-state index in [1.807, 2.05) is 30.3 Å². The van der Waals surface area contributed by atoms with Crippen molar-refractivity contribution in [3.63, 3.8) is 0 Å². The van der Waals surface area contributed by atoms with Crippen LogP contribution in [0.25, 0.3) is 0 Å². The van der Waals surface area contributed by atoms with Gasteiger partial charge in [0.2, 0.25) is 0 Å². The third kappa shape index (κ3) is 4.49. The lowest BCUT2D eigenvalue weighted by molar-refractivity contribution is 0.0869. The topological polar surface area (TPSA) is 46.6 Å². The summed E-state index contributed by atoms with van der Waals surface area (Å²) in [6.07, 6.45) is 2.74. The molecule has 138 valence electrons. The number of amides is 1. The Hall–Kier alpha value is -2.21. The molecule has 3 rings (SSSR count). The smallest absolute Gasteiger partial charge is 0.410 e. The highest BCUT2D eigenvalue weighted by Gasteiger charge is 2.26. The van der Waals surface area contributed by atoms with E-state index in [9.17, 15) is 13.4 Å². The number of likely N-dealkylation sites (tertiary alicyclic amines) is 1. The lowest BCUT2D eigenvalue weighted by Crippen LogP contribution is -2.38. The van der Waals surface area contributed by atoms with Crippen molar-refractivity contribution in [2.75, 3.05) is 19.3 Å². The molecule has 0 N–H and O–H groups in total. The van der Waals surface area contributed by atoms with Gasteiger partial charge < -0.3 is 9.64 Å². The van der Waals surface area contributed by atoms with Gasteiger partial charge in [-0.25, -0.2) is 9.18 Å². The van der Waals surface area contributed by atoms with E-state index >= 15 is 0 Å². The molecule has 1 amide bonds. The van der Waals surface area contributed by atoms with Crippen molar-refractivity contribution in [2.45, 2.75) is 30.3 Å². The standard InChI is InChI=1S/C20H22FNO3S/c1-26(24)19-13-17(21)7-8-18(19)16-9-11-22(12-10-16)20(23)25-14-15-5-3-2-4-6-15/h2-8,13,16H,9-12,14H2,1H3/t26-/m0/s1. The number of hydrogen-bond acceptors (Lipinski definition) is 3. The summed E-state index contributed by atoms with van der Waals surface area (Å²) >= 11 is 0. The predicted molar refractivity (Wildman–Crippen MR) is 98.9 cm³/mol. The molecule has 1 fully saturated rings. The van der Waals surface area contributed by atoms with Crippen LogP contribution in [0, 0.1) is 5.82 Å². The Morgan fingerprint density at radius 3 is 2.54 bits per heavy atom. The maximum absolute atomic E-state index is 13.5.